The smallest absolute Gasteiger partial charge is 0.416 e. The number of halogens is 3. The fourth-order valence-corrected chi connectivity index (χ4v) is 2.99. The molecule has 0 aliphatic rings. The number of anilines is 1. The molecule has 1 N–H and O–H groups in total. The number of hydrogen-bond donors (Lipinski definition) is 1. The molecule has 0 aliphatic carbocycles. The van der Waals surface area contributed by atoms with Crippen LogP contribution in [0.2, 0.25) is 0 Å². The van der Waals surface area contributed by atoms with Crippen molar-refractivity contribution in [3.05, 3.63) is 83.2 Å². The van der Waals surface area contributed by atoms with E-state index in [4.69, 9.17) is 9.47 Å². The monoisotopic (exact) mass is 486 g/mol. The summed E-state index contributed by atoms with van der Waals surface area (Å²) in [6.07, 6.45) is -2.38. The highest BCUT2D eigenvalue weighted by molar-refractivity contribution is 6.05. The fourth-order valence-electron chi connectivity index (χ4n) is 2.99. The van der Waals surface area contributed by atoms with E-state index in [0.29, 0.717) is 17.7 Å². The zero-order valence-corrected chi connectivity index (χ0v) is 18.8. The fraction of sp³-hybridized carbons (Fsp3) is 0.200. The molecule has 7 nitrogen and oxygen atoms in total. The second-order valence-corrected chi connectivity index (χ2v) is 7.48. The van der Waals surface area contributed by atoms with E-state index in [2.05, 4.69) is 10.3 Å². The van der Waals surface area contributed by atoms with E-state index in [1.807, 2.05) is 6.92 Å². The summed E-state index contributed by atoms with van der Waals surface area (Å²) in [5.74, 6) is -2.18. The maximum atomic E-state index is 12.8. The van der Waals surface area contributed by atoms with Crippen molar-refractivity contribution in [1.29, 1.82) is 0 Å². The molecule has 2 aromatic carbocycles. The van der Waals surface area contributed by atoms with Crippen molar-refractivity contribution in [2.45, 2.75) is 32.9 Å². The summed E-state index contributed by atoms with van der Waals surface area (Å²) >= 11 is 0. The van der Waals surface area contributed by atoms with Crippen LogP contribution in [0.1, 0.15) is 51.7 Å². The number of carbonyl (C=O) groups is 3. The number of nitrogens with one attached hydrogen (secondary N) is 1. The number of amides is 1. The molecule has 0 fully saturated rings. The summed E-state index contributed by atoms with van der Waals surface area (Å²) in [6.45, 7) is 3.50. The SMILES string of the molecule is CCCC(=O)Oc1c(C)ccnc1C(=O)Nc1ccc(C(=O)Oc2cccc(C(F)(F)F)c2)cc1. The van der Waals surface area contributed by atoms with Gasteiger partial charge < -0.3 is 14.8 Å². The Kier molecular flexibility index (Phi) is 7.85. The molecule has 0 bridgehead atoms. The number of esters is 2. The van der Waals surface area contributed by atoms with Gasteiger partial charge in [0.2, 0.25) is 0 Å². The van der Waals surface area contributed by atoms with Crippen LogP contribution in [0, 0.1) is 6.92 Å². The highest BCUT2D eigenvalue weighted by Crippen LogP contribution is 2.31. The molecule has 1 heterocycles. The van der Waals surface area contributed by atoms with Crippen LogP contribution in [-0.4, -0.2) is 22.8 Å². The van der Waals surface area contributed by atoms with Gasteiger partial charge in [-0.1, -0.05) is 13.0 Å². The Morgan fingerprint density at radius 3 is 2.37 bits per heavy atom. The lowest BCUT2D eigenvalue weighted by molar-refractivity contribution is -0.137. The van der Waals surface area contributed by atoms with E-state index in [1.54, 1.807) is 13.0 Å². The van der Waals surface area contributed by atoms with Gasteiger partial charge in [-0.3, -0.25) is 9.59 Å². The van der Waals surface area contributed by atoms with Crippen LogP contribution in [-0.2, 0) is 11.0 Å². The highest BCUT2D eigenvalue weighted by atomic mass is 19.4. The number of ether oxygens (including phenoxy) is 2. The van der Waals surface area contributed by atoms with Gasteiger partial charge >= 0.3 is 18.1 Å². The number of nitrogens with zero attached hydrogens (tertiary/aromatic N) is 1. The minimum absolute atomic E-state index is 0.0586. The Bertz CT molecular complexity index is 1240. The predicted octanol–water partition coefficient (Wildman–Crippen LogP) is 5.59. The number of benzene rings is 2. The summed E-state index contributed by atoms with van der Waals surface area (Å²) in [4.78, 5) is 41.0. The van der Waals surface area contributed by atoms with Gasteiger partial charge in [-0.15, -0.1) is 0 Å². The Morgan fingerprint density at radius 2 is 1.71 bits per heavy atom. The zero-order valence-electron chi connectivity index (χ0n) is 18.8. The standard InChI is InChI=1S/C25H21F3N2O5/c1-3-5-20(31)35-22-15(2)12-13-29-21(22)23(32)30-18-10-8-16(9-11-18)24(33)34-19-7-4-6-17(14-19)25(26,27)28/h4,6-14H,3,5H2,1-2H3,(H,30,32). The molecule has 0 unspecified atom stereocenters. The molecule has 1 aromatic heterocycles. The Labute approximate surface area is 198 Å². The van der Waals surface area contributed by atoms with E-state index >= 15 is 0 Å². The Morgan fingerprint density at radius 1 is 1.00 bits per heavy atom. The first kappa shape index (κ1) is 25.4. The molecule has 0 spiro atoms. The van der Waals surface area contributed by atoms with Crippen LogP contribution in [0.4, 0.5) is 18.9 Å². The van der Waals surface area contributed by atoms with E-state index in [0.717, 1.165) is 18.2 Å². The van der Waals surface area contributed by atoms with E-state index in [1.165, 1.54) is 36.5 Å². The topological polar surface area (TPSA) is 94.6 Å². The molecule has 0 aliphatic heterocycles. The molecule has 10 heteroatoms. The van der Waals surface area contributed by atoms with Gasteiger partial charge in [0.05, 0.1) is 11.1 Å². The average molecular weight is 486 g/mol. The molecular weight excluding hydrogens is 465 g/mol. The van der Waals surface area contributed by atoms with Crippen molar-refractivity contribution in [3.63, 3.8) is 0 Å². The van der Waals surface area contributed by atoms with E-state index in [-0.39, 0.29) is 29.2 Å². The second-order valence-electron chi connectivity index (χ2n) is 7.48. The van der Waals surface area contributed by atoms with Crippen molar-refractivity contribution in [3.8, 4) is 11.5 Å². The van der Waals surface area contributed by atoms with Crippen molar-refractivity contribution < 1.29 is 37.0 Å². The van der Waals surface area contributed by atoms with Crippen LogP contribution >= 0.6 is 0 Å². The van der Waals surface area contributed by atoms with E-state index < -0.39 is 29.6 Å². The molecular formula is C25H21F3N2O5. The van der Waals surface area contributed by atoms with Gasteiger partial charge in [-0.2, -0.15) is 13.2 Å². The summed E-state index contributed by atoms with van der Waals surface area (Å²) in [5, 5.41) is 2.60. The summed E-state index contributed by atoms with van der Waals surface area (Å²) in [7, 11) is 0. The maximum absolute atomic E-state index is 12.8. The van der Waals surface area contributed by atoms with Crippen molar-refractivity contribution in [1.82, 2.24) is 4.98 Å². The van der Waals surface area contributed by atoms with Gasteiger partial charge in [0.15, 0.2) is 11.4 Å². The first-order valence-electron chi connectivity index (χ1n) is 10.6. The Hall–Kier alpha value is -4.21. The van der Waals surface area contributed by atoms with Crippen LogP contribution in [0.5, 0.6) is 11.5 Å². The lowest BCUT2D eigenvalue weighted by atomic mass is 10.2. The quantitative estimate of drug-likeness (QED) is 0.346. The summed E-state index contributed by atoms with van der Waals surface area (Å²) in [6, 6.07) is 11.1. The van der Waals surface area contributed by atoms with Gasteiger partial charge in [0.25, 0.3) is 5.91 Å². The van der Waals surface area contributed by atoms with Crippen LogP contribution in [0.15, 0.2) is 60.8 Å². The largest absolute Gasteiger partial charge is 0.424 e. The molecule has 3 rings (SSSR count). The number of rotatable bonds is 7. The van der Waals surface area contributed by atoms with Gasteiger partial charge in [0, 0.05) is 18.3 Å². The molecule has 0 radical (unpaired) electrons. The van der Waals surface area contributed by atoms with Gasteiger partial charge in [0.1, 0.15) is 5.75 Å². The maximum Gasteiger partial charge on any atom is 0.416 e. The van der Waals surface area contributed by atoms with E-state index in [9.17, 15) is 27.6 Å². The molecule has 3 aromatic rings. The van der Waals surface area contributed by atoms with Gasteiger partial charge in [-0.25, -0.2) is 9.78 Å². The highest BCUT2D eigenvalue weighted by Gasteiger charge is 2.30. The first-order valence-corrected chi connectivity index (χ1v) is 10.6. The number of alkyl halides is 3. The second kappa shape index (κ2) is 10.8. The molecule has 35 heavy (non-hydrogen) atoms. The molecule has 1 amide bonds. The number of hydrogen-bond acceptors (Lipinski definition) is 6. The van der Waals surface area contributed by atoms with Crippen molar-refractivity contribution >= 4 is 23.5 Å². The van der Waals surface area contributed by atoms with Gasteiger partial charge in [-0.05, 0) is 67.4 Å². The normalized spacial score (nSPS) is 11.0. The predicted molar refractivity (Wildman–Crippen MR) is 120 cm³/mol. The third-order valence-electron chi connectivity index (χ3n) is 4.74. The summed E-state index contributed by atoms with van der Waals surface area (Å²) in [5.41, 5.74) is -0.0989. The molecule has 0 saturated carbocycles. The minimum atomic E-state index is -4.57. The summed E-state index contributed by atoms with van der Waals surface area (Å²) < 4.78 is 48.9. The van der Waals surface area contributed by atoms with Crippen molar-refractivity contribution in [2.75, 3.05) is 5.32 Å². The first-order chi connectivity index (χ1) is 16.6. The van der Waals surface area contributed by atoms with Crippen molar-refractivity contribution in [2.24, 2.45) is 0 Å². The van der Waals surface area contributed by atoms with Crippen LogP contribution in [0.25, 0.3) is 0 Å². The zero-order chi connectivity index (χ0) is 25.6. The lowest BCUT2D eigenvalue weighted by Crippen LogP contribution is -2.18. The number of aryl methyl sites for hydroxylation is 1. The molecule has 182 valence electrons. The number of aromatic nitrogens is 1. The Balaban J connectivity index is 1.70. The third kappa shape index (κ3) is 6.66. The average Bonchev–Trinajstić information content (AvgIpc) is 2.80. The third-order valence-corrected chi connectivity index (χ3v) is 4.74. The number of carbonyl (C=O) groups excluding carboxylic acids is 3. The number of pyridine rings is 1. The molecule has 0 atom stereocenters. The van der Waals surface area contributed by atoms with Crippen LogP contribution < -0.4 is 14.8 Å². The molecule has 0 saturated heterocycles. The minimum Gasteiger partial charge on any atom is -0.424 e. The van der Waals surface area contributed by atoms with Crippen LogP contribution in [0.3, 0.4) is 0 Å². The lowest BCUT2D eigenvalue weighted by Gasteiger charge is -2.12.